The molecule has 0 aromatic heterocycles. The lowest BCUT2D eigenvalue weighted by Gasteiger charge is -2.19. The Morgan fingerprint density at radius 3 is 2.50 bits per heavy atom. The van der Waals surface area contributed by atoms with Gasteiger partial charge in [0.1, 0.15) is 0 Å². The second-order valence-electron chi connectivity index (χ2n) is 7.82. The molecule has 1 fully saturated rings. The average Bonchev–Trinajstić information content (AvgIpc) is 3.07. The Hall–Kier alpha value is -1.77. The highest BCUT2D eigenvalue weighted by atomic mass is 16.2. The summed E-state index contributed by atoms with van der Waals surface area (Å²) in [6, 6.07) is 10.4. The number of anilines is 1. The molecule has 2 rings (SSSR count). The molecule has 2 atom stereocenters. The summed E-state index contributed by atoms with van der Waals surface area (Å²) in [7, 11) is 2.12. The Balaban J connectivity index is 1.66. The fraction of sp³-hybridized carbons (Fsp3) is 0.571. The molecule has 3 nitrogen and oxygen atoms in total. The first kappa shape index (κ1) is 18.6. The van der Waals surface area contributed by atoms with Crippen molar-refractivity contribution >= 4 is 11.6 Å². The third-order valence-electron chi connectivity index (χ3n) is 5.12. The minimum absolute atomic E-state index is 0.106. The lowest BCUT2D eigenvalue weighted by molar-refractivity contribution is -0.123. The van der Waals surface area contributed by atoms with E-state index < -0.39 is 0 Å². The van der Waals surface area contributed by atoms with Crippen LogP contribution in [0.2, 0.25) is 0 Å². The van der Waals surface area contributed by atoms with E-state index in [1.165, 1.54) is 11.3 Å². The van der Waals surface area contributed by atoms with E-state index in [1.807, 2.05) is 6.07 Å². The summed E-state index contributed by atoms with van der Waals surface area (Å²) in [5, 5.41) is 3.13. The van der Waals surface area contributed by atoms with Gasteiger partial charge in [0.2, 0.25) is 5.91 Å². The topological polar surface area (TPSA) is 32.3 Å². The van der Waals surface area contributed by atoms with Gasteiger partial charge in [0.25, 0.3) is 0 Å². The molecule has 1 aromatic rings. The molecule has 0 saturated heterocycles. The molecule has 0 unspecified atom stereocenters. The number of rotatable bonds is 8. The van der Waals surface area contributed by atoms with Crippen LogP contribution in [0.5, 0.6) is 0 Å². The molecule has 1 aliphatic rings. The second kappa shape index (κ2) is 7.87. The highest BCUT2D eigenvalue weighted by molar-refractivity contribution is 5.83. The van der Waals surface area contributed by atoms with Crippen molar-refractivity contribution in [1.29, 1.82) is 0 Å². The number of para-hydroxylation sites is 1. The van der Waals surface area contributed by atoms with Crippen molar-refractivity contribution in [2.24, 2.45) is 17.3 Å². The molecular formula is C21H32N2O. The first-order chi connectivity index (χ1) is 11.3. The van der Waals surface area contributed by atoms with Crippen LogP contribution in [0, 0.1) is 17.3 Å². The van der Waals surface area contributed by atoms with Crippen molar-refractivity contribution in [3.8, 4) is 0 Å². The summed E-state index contributed by atoms with van der Waals surface area (Å²) < 4.78 is 0. The standard InChI is InChI=1S/C21H32N2O/c1-16(2)15-18-19(21(18,3)4)20(24)22-13-9-10-14-23(5)17-11-7-6-8-12-17/h6-8,11-12,15,18-19H,9-10,13-14H2,1-5H3,(H,22,24)/t18-,19+/m1/s1. The van der Waals surface area contributed by atoms with Gasteiger partial charge in [-0.1, -0.05) is 43.7 Å². The van der Waals surface area contributed by atoms with Gasteiger partial charge in [-0.25, -0.2) is 0 Å². The molecule has 0 radical (unpaired) electrons. The van der Waals surface area contributed by atoms with Crippen molar-refractivity contribution in [2.75, 3.05) is 25.0 Å². The predicted molar refractivity (Wildman–Crippen MR) is 102 cm³/mol. The van der Waals surface area contributed by atoms with Crippen molar-refractivity contribution < 1.29 is 4.79 Å². The van der Waals surface area contributed by atoms with E-state index in [4.69, 9.17) is 0 Å². The van der Waals surface area contributed by atoms with Crippen LogP contribution in [0.1, 0.15) is 40.5 Å². The lowest BCUT2D eigenvalue weighted by atomic mass is 10.1. The van der Waals surface area contributed by atoms with Gasteiger partial charge in [-0.15, -0.1) is 0 Å². The highest BCUT2D eigenvalue weighted by Crippen LogP contribution is 2.59. The molecule has 24 heavy (non-hydrogen) atoms. The number of nitrogens with zero attached hydrogens (tertiary/aromatic N) is 1. The zero-order valence-electron chi connectivity index (χ0n) is 15.8. The van der Waals surface area contributed by atoms with Crippen LogP contribution in [0.3, 0.4) is 0 Å². The Bertz CT molecular complexity index is 573. The number of carbonyl (C=O) groups excluding carboxylic acids is 1. The van der Waals surface area contributed by atoms with Gasteiger partial charge in [0.15, 0.2) is 0 Å². The molecule has 0 spiro atoms. The number of carbonyl (C=O) groups is 1. The number of hydrogen-bond donors (Lipinski definition) is 1. The number of nitrogens with one attached hydrogen (secondary N) is 1. The molecule has 0 heterocycles. The summed E-state index contributed by atoms with van der Waals surface area (Å²) in [5.41, 5.74) is 2.65. The molecule has 1 amide bonds. The Morgan fingerprint density at radius 2 is 1.88 bits per heavy atom. The van der Waals surface area contributed by atoms with Gasteiger partial charge < -0.3 is 10.2 Å². The maximum absolute atomic E-state index is 12.4. The van der Waals surface area contributed by atoms with Crippen molar-refractivity contribution in [1.82, 2.24) is 5.32 Å². The number of hydrogen-bond acceptors (Lipinski definition) is 2. The number of benzene rings is 1. The van der Waals surface area contributed by atoms with Gasteiger partial charge in [-0.3, -0.25) is 4.79 Å². The number of allylic oxidation sites excluding steroid dienone is 2. The highest BCUT2D eigenvalue weighted by Gasteiger charge is 2.60. The number of unbranched alkanes of at least 4 members (excludes halogenated alkanes) is 1. The van der Waals surface area contributed by atoms with Gasteiger partial charge >= 0.3 is 0 Å². The van der Waals surface area contributed by atoms with E-state index in [1.54, 1.807) is 0 Å². The summed E-state index contributed by atoms with van der Waals surface area (Å²) in [4.78, 5) is 14.6. The van der Waals surface area contributed by atoms with Crippen molar-refractivity contribution in [2.45, 2.75) is 40.5 Å². The van der Waals surface area contributed by atoms with Crippen molar-refractivity contribution in [3.63, 3.8) is 0 Å². The monoisotopic (exact) mass is 328 g/mol. The molecular weight excluding hydrogens is 296 g/mol. The molecule has 0 aliphatic heterocycles. The van der Waals surface area contributed by atoms with E-state index in [0.29, 0.717) is 5.92 Å². The van der Waals surface area contributed by atoms with E-state index in [2.05, 4.69) is 75.3 Å². The van der Waals surface area contributed by atoms with Crippen LogP contribution in [0.4, 0.5) is 5.69 Å². The Labute approximate surface area is 147 Å². The van der Waals surface area contributed by atoms with Crippen LogP contribution in [0.15, 0.2) is 42.0 Å². The van der Waals surface area contributed by atoms with Gasteiger partial charge in [0, 0.05) is 25.8 Å². The minimum atomic E-state index is 0.106. The summed E-state index contributed by atoms with van der Waals surface area (Å²) in [5.74, 6) is 0.755. The second-order valence-corrected chi connectivity index (χ2v) is 7.82. The third kappa shape index (κ3) is 4.62. The molecule has 1 saturated carbocycles. The molecule has 132 valence electrons. The quantitative estimate of drug-likeness (QED) is 0.571. The van der Waals surface area contributed by atoms with Crippen LogP contribution < -0.4 is 10.2 Å². The number of amides is 1. The fourth-order valence-corrected chi connectivity index (χ4v) is 3.46. The maximum atomic E-state index is 12.4. The minimum Gasteiger partial charge on any atom is -0.375 e. The van der Waals surface area contributed by atoms with Crippen LogP contribution in [-0.4, -0.2) is 26.0 Å². The van der Waals surface area contributed by atoms with Gasteiger partial charge in [-0.2, -0.15) is 0 Å². The predicted octanol–water partition coefficient (Wildman–Crippen LogP) is 4.26. The third-order valence-corrected chi connectivity index (χ3v) is 5.12. The van der Waals surface area contributed by atoms with E-state index in [9.17, 15) is 4.79 Å². The van der Waals surface area contributed by atoms with Gasteiger partial charge in [0.05, 0.1) is 5.92 Å². The first-order valence-electron chi connectivity index (χ1n) is 9.03. The average molecular weight is 328 g/mol. The smallest absolute Gasteiger partial charge is 0.224 e. The summed E-state index contributed by atoms with van der Waals surface area (Å²) >= 11 is 0. The largest absolute Gasteiger partial charge is 0.375 e. The molecule has 3 heteroatoms. The van der Waals surface area contributed by atoms with E-state index in [-0.39, 0.29) is 17.2 Å². The van der Waals surface area contributed by atoms with Crippen LogP contribution in [-0.2, 0) is 4.79 Å². The SMILES string of the molecule is CC(C)=C[C@@H]1[C@@H](C(=O)NCCCCN(C)c2ccccc2)C1(C)C. The summed E-state index contributed by atoms with van der Waals surface area (Å²) in [6.45, 7) is 10.4. The zero-order valence-corrected chi connectivity index (χ0v) is 15.8. The Morgan fingerprint density at radius 1 is 1.21 bits per heavy atom. The van der Waals surface area contributed by atoms with E-state index in [0.717, 1.165) is 25.9 Å². The van der Waals surface area contributed by atoms with Crippen LogP contribution >= 0.6 is 0 Å². The first-order valence-corrected chi connectivity index (χ1v) is 9.03. The zero-order chi connectivity index (χ0) is 17.7. The fourth-order valence-electron chi connectivity index (χ4n) is 3.46. The Kier molecular flexibility index (Phi) is 6.09. The van der Waals surface area contributed by atoms with E-state index >= 15 is 0 Å². The van der Waals surface area contributed by atoms with Crippen LogP contribution in [0.25, 0.3) is 0 Å². The maximum Gasteiger partial charge on any atom is 0.224 e. The summed E-state index contributed by atoms with van der Waals surface area (Å²) in [6.07, 6.45) is 4.35. The van der Waals surface area contributed by atoms with Gasteiger partial charge in [-0.05, 0) is 50.2 Å². The normalized spacial score (nSPS) is 21.0. The van der Waals surface area contributed by atoms with Crippen molar-refractivity contribution in [3.05, 3.63) is 42.0 Å². The molecule has 1 aliphatic carbocycles. The molecule has 0 bridgehead atoms. The lowest BCUT2D eigenvalue weighted by Crippen LogP contribution is -2.28. The molecule has 1 N–H and O–H groups in total. The molecule has 1 aromatic carbocycles.